The molecule has 0 aliphatic carbocycles. The van der Waals surface area contributed by atoms with Gasteiger partial charge in [0.1, 0.15) is 30.8 Å². The molecule has 0 saturated heterocycles. The topological polar surface area (TPSA) is 104 Å². The second-order valence-corrected chi connectivity index (χ2v) is 6.73. The van der Waals surface area contributed by atoms with Crippen molar-refractivity contribution in [2.75, 3.05) is 26.3 Å². The van der Waals surface area contributed by atoms with Gasteiger partial charge in [0.15, 0.2) is 0 Å². The van der Waals surface area contributed by atoms with Crippen LogP contribution >= 0.6 is 0 Å². The molecule has 4 N–H and O–H groups in total. The Morgan fingerprint density at radius 2 is 1.75 bits per heavy atom. The molecule has 2 rings (SSSR count). The third-order valence-electron chi connectivity index (χ3n) is 4.47. The molecule has 154 valence electrons. The highest BCUT2D eigenvalue weighted by molar-refractivity contribution is 5.41. The van der Waals surface area contributed by atoms with Crippen molar-refractivity contribution in [3.05, 3.63) is 52.3 Å². The summed E-state index contributed by atoms with van der Waals surface area (Å²) in [4.78, 5) is 4.16. The number of aromatic nitrogens is 1. The van der Waals surface area contributed by atoms with Gasteiger partial charge in [-0.2, -0.15) is 0 Å². The molecule has 7 nitrogen and oxygen atoms in total. The van der Waals surface area contributed by atoms with Gasteiger partial charge in [-0.3, -0.25) is 4.98 Å². The summed E-state index contributed by atoms with van der Waals surface area (Å²) in [6, 6.07) is 6.03. The van der Waals surface area contributed by atoms with E-state index >= 15 is 0 Å². The molecule has 0 spiro atoms. The van der Waals surface area contributed by atoms with Gasteiger partial charge in [-0.05, 0) is 31.9 Å². The van der Waals surface area contributed by atoms with E-state index in [9.17, 15) is 15.3 Å². The number of benzene rings is 1. The lowest BCUT2D eigenvalue weighted by molar-refractivity contribution is 0.103. The number of nitrogens with zero attached hydrogens (tertiary/aromatic N) is 1. The summed E-state index contributed by atoms with van der Waals surface area (Å²) < 4.78 is 11.5. The van der Waals surface area contributed by atoms with Gasteiger partial charge in [-0.25, -0.2) is 0 Å². The van der Waals surface area contributed by atoms with Crippen molar-refractivity contribution >= 4 is 0 Å². The molecule has 7 heteroatoms. The standard InChI is InChI=1S/C21H30N2O5/c1-14-5-4-6-15(2)20(14)27-8-7-22-10-18(26)13-28-21-16(3)23-9-17(11-24)19(21)12-25/h4-6,9,18,22,24-26H,7-8,10-13H2,1-3H3. The average molecular weight is 390 g/mol. The highest BCUT2D eigenvalue weighted by Crippen LogP contribution is 2.25. The summed E-state index contributed by atoms with van der Waals surface area (Å²) in [6.45, 7) is 6.77. The Kier molecular flexibility index (Phi) is 8.66. The zero-order valence-corrected chi connectivity index (χ0v) is 16.7. The highest BCUT2D eigenvalue weighted by Gasteiger charge is 2.14. The molecule has 0 aliphatic rings. The molecule has 0 saturated carbocycles. The molecule has 1 aromatic heterocycles. The van der Waals surface area contributed by atoms with Gasteiger partial charge < -0.3 is 30.1 Å². The summed E-state index contributed by atoms with van der Waals surface area (Å²) in [5.41, 5.74) is 3.81. The fourth-order valence-corrected chi connectivity index (χ4v) is 2.94. The van der Waals surface area contributed by atoms with Crippen molar-refractivity contribution in [1.82, 2.24) is 10.3 Å². The van der Waals surface area contributed by atoms with Crippen LogP contribution in [0.5, 0.6) is 11.5 Å². The van der Waals surface area contributed by atoms with Gasteiger partial charge in [0.2, 0.25) is 0 Å². The fourth-order valence-electron chi connectivity index (χ4n) is 2.94. The number of aryl methyl sites for hydroxylation is 3. The largest absolute Gasteiger partial charge is 0.492 e. The number of aliphatic hydroxyl groups excluding tert-OH is 3. The molecule has 1 heterocycles. The fraction of sp³-hybridized carbons (Fsp3) is 0.476. The molecule has 0 bridgehead atoms. The maximum Gasteiger partial charge on any atom is 0.146 e. The van der Waals surface area contributed by atoms with E-state index in [-0.39, 0.29) is 19.8 Å². The van der Waals surface area contributed by atoms with Gasteiger partial charge in [0.05, 0.1) is 18.9 Å². The lowest BCUT2D eigenvalue weighted by Gasteiger charge is -2.18. The molecule has 1 unspecified atom stereocenters. The predicted molar refractivity (Wildman–Crippen MR) is 107 cm³/mol. The number of hydrogen-bond acceptors (Lipinski definition) is 7. The molecular weight excluding hydrogens is 360 g/mol. The second kappa shape index (κ2) is 11.0. The first-order valence-electron chi connectivity index (χ1n) is 9.37. The first-order chi connectivity index (χ1) is 13.5. The number of para-hydroxylation sites is 1. The van der Waals surface area contributed by atoms with Gasteiger partial charge in [0, 0.05) is 30.4 Å². The van der Waals surface area contributed by atoms with Crippen LogP contribution in [0.2, 0.25) is 0 Å². The van der Waals surface area contributed by atoms with Crippen LogP contribution in [-0.4, -0.2) is 52.7 Å². The minimum atomic E-state index is -0.732. The number of aliphatic hydroxyl groups is 3. The van der Waals surface area contributed by atoms with E-state index in [1.807, 2.05) is 32.0 Å². The van der Waals surface area contributed by atoms with E-state index < -0.39 is 6.10 Å². The molecule has 0 radical (unpaired) electrons. The van der Waals surface area contributed by atoms with Crippen LogP contribution in [-0.2, 0) is 13.2 Å². The van der Waals surface area contributed by atoms with E-state index in [2.05, 4.69) is 10.3 Å². The van der Waals surface area contributed by atoms with Crippen LogP contribution < -0.4 is 14.8 Å². The smallest absolute Gasteiger partial charge is 0.146 e. The Bertz CT molecular complexity index is 746. The third kappa shape index (κ3) is 5.90. The first-order valence-corrected chi connectivity index (χ1v) is 9.37. The summed E-state index contributed by atoms with van der Waals surface area (Å²) in [5, 5.41) is 32.2. The van der Waals surface area contributed by atoms with Crippen molar-refractivity contribution in [2.24, 2.45) is 0 Å². The maximum absolute atomic E-state index is 10.1. The van der Waals surface area contributed by atoms with Gasteiger partial charge in [0.25, 0.3) is 0 Å². The molecule has 1 atom stereocenters. The molecule has 0 amide bonds. The zero-order chi connectivity index (χ0) is 20.5. The Balaban J connectivity index is 1.76. The minimum Gasteiger partial charge on any atom is -0.492 e. The molecule has 1 aromatic carbocycles. The number of rotatable bonds is 11. The number of hydrogen-bond donors (Lipinski definition) is 4. The van der Waals surface area contributed by atoms with Crippen LogP contribution in [0.4, 0.5) is 0 Å². The lowest BCUT2D eigenvalue weighted by atomic mass is 10.1. The molecule has 0 aliphatic heterocycles. The van der Waals surface area contributed by atoms with E-state index in [0.717, 1.165) is 16.9 Å². The summed E-state index contributed by atoms with van der Waals surface area (Å²) in [7, 11) is 0. The Hall–Kier alpha value is -2.19. The Morgan fingerprint density at radius 3 is 2.39 bits per heavy atom. The Morgan fingerprint density at radius 1 is 1.04 bits per heavy atom. The van der Waals surface area contributed by atoms with Crippen molar-refractivity contribution < 1.29 is 24.8 Å². The Labute approximate surface area is 166 Å². The maximum atomic E-state index is 10.1. The highest BCUT2D eigenvalue weighted by atomic mass is 16.5. The second-order valence-electron chi connectivity index (χ2n) is 6.73. The third-order valence-corrected chi connectivity index (χ3v) is 4.47. The van der Waals surface area contributed by atoms with Crippen LogP contribution in [0, 0.1) is 20.8 Å². The predicted octanol–water partition coefficient (Wildman–Crippen LogP) is 1.40. The number of ether oxygens (including phenoxy) is 2. The van der Waals surface area contributed by atoms with Gasteiger partial charge in [-0.1, -0.05) is 18.2 Å². The van der Waals surface area contributed by atoms with Gasteiger partial charge >= 0.3 is 0 Å². The molecule has 0 fully saturated rings. The number of pyridine rings is 1. The average Bonchev–Trinajstić information content (AvgIpc) is 2.68. The van der Waals surface area contributed by atoms with E-state index in [1.165, 1.54) is 6.20 Å². The molecule has 28 heavy (non-hydrogen) atoms. The number of nitrogens with one attached hydrogen (secondary N) is 1. The first kappa shape index (κ1) is 22.1. The van der Waals surface area contributed by atoms with Crippen LogP contribution in [0.25, 0.3) is 0 Å². The summed E-state index contributed by atoms with van der Waals surface area (Å²) >= 11 is 0. The lowest BCUT2D eigenvalue weighted by Crippen LogP contribution is -2.34. The summed E-state index contributed by atoms with van der Waals surface area (Å²) in [5.74, 6) is 1.31. The normalized spacial score (nSPS) is 12.1. The van der Waals surface area contributed by atoms with Crippen LogP contribution in [0.15, 0.2) is 24.4 Å². The van der Waals surface area contributed by atoms with Crippen molar-refractivity contribution in [1.29, 1.82) is 0 Å². The quantitative estimate of drug-likeness (QED) is 0.430. The minimum absolute atomic E-state index is 0.0508. The van der Waals surface area contributed by atoms with E-state index in [0.29, 0.717) is 42.3 Å². The van der Waals surface area contributed by atoms with E-state index in [1.54, 1.807) is 6.92 Å². The van der Waals surface area contributed by atoms with Gasteiger partial charge in [-0.15, -0.1) is 0 Å². The molecule has 2 aromatic rings. The van der Waals surface area contributed by atoms with Crippen LogP contribution in [0.3, 0.4) is 0 Å². The molecular formula is C21H30N2O5. The van der Waals surface area contributed by atoms with E-state index in [4.69, 9.17) is 9.47 Å². The zero-order valence-electron chi connectivity index (χ0n) is 16.7. The van der Waals surface area contributed by atoms with Crippen molar-refractivity contribution in [3.63, 3.8) is 0 Å². The van der Waals surface area contributed by atoms with Crippen LogP contribution in [0.1, 0.15) is 27.9 Å². The van der Waals surface area contributed by atoms with Crippen molar-refractivity contribution in [3.8, 4) is 11.5 Å². The monoisotopic (exact) mass is 390 g/mol. The SMILES string of the molecule is Cc1cccc(C)c1OCCNCC(O)COc1c(C)ncc(CO)c1CO. The van der Waals surface area contributed by atoms with Crippen molar-refractivity contribution in [2.45, 2.75) is 40.1 Å². The summed E-state index contributed by atoms with van der Waals surface area (Å²) in [6.07, 6.45) is 0.783.